The summed E-state index contributed by atoms with van der Waals surface area (Å²) in [5.74, 6) is -0.578. The smallest absolute Gasteiger partial charge is 0.339 e. The molecular weight excluding hydrogens is 342 g/mol. The minimum Gasteiger partial charge on any atom is -0.465 e. The van der Waals surface area contributed by atoms with Crippen LogP contribution in [-0.2, 0) is 19.6 Å². The number of methoxy groups -OCH3 is 1. The van der Waals surface area contributed by atoms with Crippen LogP contribution in [0, 0.1) is 16.7 Å². The number of Topliss-reactive ketones (excluding diaryl/α,β-unsaturated/α-hetero) is 1. The molecule has 0 radical (unpaired) electrons. The molecule has 2 atom stereocenters. The monoisotopic (exact) mass is 365 g/mol. The lowest BCUT2D eigenvalue weighted by Gasteiger charge is -2.36. The standard InChI is InChI=1S/C18H23NO5S/c1-17(2)12-8-9-18(17,15(20)10-12)11-25(22,23)19-14-7-5-4-6-13(14)16(21)24-3/h4-7,12,19H,8-11H2,1-3H3/t12-,18+/m0/s1. The Morgan fingerprint density at radius 2 is 2.00 bits per heavy atom. The molecule has 136 valence electrons. The summed E-state index contributed by atoms with van der Waals surface area (Å²) >= 11 is 0. The van der Waals surface area contributed by atoms with Gasteiger partial charge in [0, 0.05) is 6.42 Å². The first-order valence-corrected chi connectivity index (χ1v) is 9.99. The zero-order valence-corrected chi connectivity index (χ0v) is 15.5. The minimum atomic E-state index is -3.81. The van der Waals surface area contributed by atoms with Gasteiger partial charge in [-0.1, -0.05) is 26.0 Å². The van der Waals surface area contributed by atoms with Crippen molar-refractivity contribution in [1.29, 1.82) is 0 Å². The number of esters is 1. The summed E-state index contributed by atoms with van der Waals surface area (Å²) in [5, 5.41) is 0. The van der Waals surface area contributed by atoms with Crippen LogP contribution < -0.4 is 4.72 Å². The van der Waals surface area contributed by atoms with Crippen molar-refractivity contribution in [3.8, 4) is 0 Å². The molecule has 0 heterocycles. The highest BCUT2D eigenvalue weighted by Crippen LogP contribution is 2.64. The molecule has 1 aromatic carbocycles. The maximum atomic E-state index is 12.8. The van der Waals surface area contributed by atoms with Crippen LogP contribution in [0.3, 0.4) is 0 Å². The Kier molecular flexibility index (Phi) is 4.18. The molecule has 2 aliphatic carbocycles. The highest BCUT2D eigenvalue weighted by molar-refractivity contribution is 7.92. The van der Waals surface area contributed by atoms with E-state index >= 15 is 0 Å². The van der Waals surface area contributed by atoms with Crippen LogP contribution in [0.5, 0.6) is 0 Å². The summed E-state index contributed by atoms with van der Waals surface area (Å²) in [6.07, 6.45) is 1.94. The van der Waals surface area contributed by atoms with Crippen LogP contribution in [0.15, 0.2) is 24.3 Å². The Morgan fingerprint density at radius 1 is 1.32 bits per heavy atom. The largest absolute Gasteiger partial charge is 0.465 e. The zero-order chi connectivity index (χ0) is 18.5. The average Bonchev–Trinajstić information content (AvgIpc) is 2.88. The van der Waals surface area contributed by atoms with Gasteiger partial charge in [-0.05, 0) is 36.3 Å². The van der Waals surface area contributed by atoms with Crippen LogP contribution in [0.25, 0.3) is 0 Å². The Hall–Kier alpha value is -1.89. The van der Waals surface area contributed by atoms with E-state index in [0.717, 1.165) is 6.42 Å². The minimum absolute atomic E-state index is 0.0420. The van der Waals surface area contributed by atoms with Crippen molar-refractivity contribution in [3.63, 3.8) is 0 Å². The van der Waals surface area contributed by atoms with Crippen LogP contribution in [0.4, 0.5) is 5.69 Å². The van der Waals surface area contributed by atoms with Crippen LogP contribution >= 0.6 is 0 Å². The summed E-state index contributed by atoms with van der Waals surface area (Å²) in [6, 6.07) is 6.28. The molecule has 0 aliphatic heterocycles. The molecule has 6 nitrogen and oxygen atoms in total. The second-order valence-corrected chi connectivity index (χ2v) is 9.29. The molecule has 1 aromatic rings. The molecule has 3 rings (SSSR count). The Labute approximate surface area is 148 Å². The van der Waals surface area contributed by atoms with Gasteiger partial charge in [0.25, 0.3) is 0 Å². The molecule has 0 spiro atoms. The van der Waals surface area contributed by atoms with Gasteiger partial charge in [0.15, 0.2) is 0 Å². The molecule has 1 N–H and O–H groups in total. The van der Waals surface area contributed by atoms with Crippen molar-refractivity contribution in [2.45, 2.75) is 33.1 Å². The lowest BCUT2D eigenvalue weighted by molar-refractivity contribution is -0.128. The number of ketones is 1. The number of sulfonamides is 1. The van der Waals surface area contributed by atoms with Gasteiger partial charge in [0.05, 0.1) is 29.5 Å². The van der Waals surface area contributed by atoms with Gasteiger partial charge < -0.3 is 4.74 Å². The van der Waals surface area contributed by atoms with Crippen molar-refractivity contribution in [2.24, 2.45) is 16.7 Å². The van der Waals surface area contributed by atoms with E-state index in [0.29, 0.717) is 12.8 Å². The molecule has 0 saturated heterocycles. The number of hydrogen-bond donors (Lipinski definition) is 1. The third-order valence-electron chi connectivity index (χ3n) is 6.17. The lowest BCUT2D eigenvalue weighted by atomic mass is 9.70. The summed E-state index contributed by atoms with van der Waals surface area (Å²) < 4.78 is 32.8. The molecule has 25 heavy (non-hydrogen) atoms. The number of anilines is 1. The molecular formula is C18H23NO5S. The average molecular weight is 365 g/mol. The zero-order valence-electron chi connectivity index (χ0n) is 14.7. The van der Waals surface area contributed by atoms with Crippen molar-refractivity contribution in [2.75, 3.05) is 17.6 Å². The van der Waals surface area contributed by atoms with Gasteiger partial charge in [-0.3, -0.25) is 9.52 Å². The van der Waals surface area contributed by atoms with E-state index in [4.69, 9.17) is 4.74 Å². The molecule has 2 aliphatic rings. The molecule has 2 bridgehead atoms. The van der Waals surface area contributed by atoms with E-state index in [9.17, 15) is 18.0 Å². The van der Waals surface area contributed by atoms with E-state index in [-0.39, 0.29) is 34.1 Å². The quantitative estimate of drug-likeness (QED) is 0.810. The number of ether oxygens (including phenoxy) is 1. The maximum absolute atomic E-state index is 12.8. The molecule has 0 aromatic heterocycles. The van der Waals surface area contributed by atoms with Crippen molar-refractivity contribution in [3.05, 3.63) is 29.8 Å². The number of benzene rings is 1. The first-order chi connectivity index (χ1) is 11.6. The van der Waals surface area contributed by atoms with Crippen molar-refractivity contribution in [1.82, 2.24) is 0 Å². The molecule has 0 unspecified atom stereocenters. The van der Waals surface area contributed by atoms with Crippen LogP contribution in [0.1, 0.15) is 43.5 Å². The predicted molar refractivity (Wildman–Crippen MR) is 93.8 cm³/mol. The fraction of sp³-hybridized carbons (Fsp3) is 0.556. The first kappa shape index (κ1) is 17.9. The van der Waals surface area contributed by atoms with E-state index in [2.05, 4.69) is 4.72 Å². The number of carbonyl (C=O) groups excluding carboxylic acids is 2. The van der Waals surface area contributed by atoms with Crippen LogP contribution in [-0.4, -0.2) is 33.0 Å². The van der Waals surface area contributed by atoms with Gasteiger partial charge >= 0.3 is 5.97 Å². The fourth-order valence-electron chi connectivity index (χ4n) is 4.50. The lowest BCUT2D eigenvalue weighted by Crippen LogP contribution is -2.43. The predicted octanol–water partition coefficient (Wildman–Crippen LogP) is 2.61. The number of rotatable bonds is 5. The fourth-order valence-corrected chi connectivity index (χ4v) is 6.41. The Bertz CT molecular complexity index is 830. The van der Waals surface area contributed by atoms with E-state index in [1.807, 2.05) is 13.8 Å². The van der Waals surface area contributed by atoms with Gasteiger partial charge in [0.1, 0.15) is 5.78 Å². The van der Waals surface area contributed by atoms with E-state index < -0.39 is 21.4 Å². The third kappa shape index (κ3) is 2.74. The second-order valence-electron chi connectivity index (χ2n) is 7.57. The Balaban J connectivity index is 1.90. The summed E-state index contributed by atoms with van der Waals surface area (Å²) in [7, 11) is -2.57. The SMILES string of the molecule is COC(=O)c1ccccc1NS(=O)(=O)C[C@]12CC[C@@H](CC1=O)C2(C)C. The topological polar surface area (TPSA) is 89.5 Å². The normalized spacial score (nSPS) is 27.3. The van der Waals surface area contributed by atoms with Crippen molar-refractivity contribution < 1.29 is 22.7 Å². The highest BCUT2D eigenvalue weighted by Gasteiger charge is 2.65. The molecule has 2 fully saturated rings. The maximum Gasteiger partial charge on any atom is 0.339 e. The van der Waals surface area contributed by atoms with E-state index in [1.54, 1.807) is 12.1 Å². The Morgan fingerprint density at radius 3 is 2.56 bits per heavy atom. The number of carbonyl (C=O) groups is 2. The summed E-state index contributed by atoms with van der Waals surface area (Å²) in [4.78, 5) is 24.4. The molecule has 2 saturated carbocycles. The highest BCUT2D eigenvalue weighted by atomic mass is 32.2. The molecule has 0 amide bonds. The summed E-state index contributed by atoms with van der Waals surface area (Å²) in [6.45, 7) is 3.99. The number of fused-ring (bicyclic) bond motifs is 2. The van der Waals surface area contributed by atoms with Gasteiger partial charge in [0.2, 0.25) is 10.0 Å². The number of para-hydroxylation sites is 1. The van der Waals surface area contributed by atoms with Crippen molar-refractivity contribution >= 4 is 27.5 Å². The number of nitrogens with one attached hydrogen (secondary N) is 1. The van der Waals surface area contributed by atoms with E-state index in [1.165, 1.54) is 19.2 Å². The van der Waals surface area contributed by atoms with Gasteiger partial charge in [-0.15, -0.1) is 0 Å². The van der Waals surface area contributed by atoms with Gasteiger partial charge in [-0.25, -0.2) is 13.2 Å². The first-order valence-electron chi connectivity index (χ1n) is 8.34. The molecule has 7 heteroatoms. The third-order valence-corrected chi connectivity index (χ3v) is 7.58. The second kappa shape index (κ2) is 5.83. The van der Waals surface area contributed by atoms with Crippen LogP contribution in [0.2, 0.25) is 0 Å². The van der Waals surface area contributed by atoms with Gasteiger partial charge in [-0.2, -0.15) is 0 Å². The number of hydrogen-bond acceptors (Lipinski definition) is 5. The summed E-state index contributed by atoms with van der Waals surface area (Å²) in [5.41, 5.74) is -0.861.